The molecule has 94 valence electrons. The van der Waals surface area contributed by atoms with E-state index in [-0.39, 0.29) is 12.2 Å². The van der Waals surface area contributed by atoms with Gasteiger partial charge >= 0.3 is 0 Å². The summed E-state index contributed by atoms with van der Waals surface area (Å²) < 4.78 is 14.7. The smallest absolute Gasteiger partial charge is 0.146 e. The molecule has 0 radical (unpaired) electrons. The van der Waals surface area contributed by atoms with Gasteiger partial charge in [0.15, 0.2) is 0 Å². The van der Waals surface area contributed by atoms with Gasteiger partial charge in [-0.05, 0) is 22.9 Å². The summed E-state index contributed by atoms with van der Waals surface area (Å²) in [6.45, 7) is 0. The molecule has 4 rings (SSSR count). The van der Waals surface area contributed by atoms with E-state index in [4.69, 9.17) is 9.47 Å². The van der Waals surface area contributed by atoms with Crippen LogP contribution in [-0.2, 0) is 0 Å². The van der Waals surface area contributed by atoms with Gasteiger partial charge in [0.05, 0.1) is 0 Å². The minimum atomic E-state index is 0.164. The number of thiophene rings is 2. The Labute approximate surface area is 122 Å². The molecule has 0 amide bonds. The van der Waals surface area contributed by atoms with Gasteiger partial charge in [-0.15, -0.1) is 46.2 Å². The molecule has 2 nitrogen and oxygen atoms in total. The normalized spacial score (nSPS) is 25.8. The number of thioether (sulfide) groups is 2. The maximum Gasteiger partial charge on any atom is 0.146 e. The Kier molecular flexibility index (Phi) is 2.99. The van der Waals surface area contributed by atoms with Crippen LogP contribution in [0.5, 0.6) is 11.5 Å². The summed E-state index contributed by atoms with van der Waals surface area (Å²) in [4.78, 5) is 0. The largest absolute Gasteiger partial charge is 0.484 e. The third-order valence-electron chi connectivity index (χ3n) is 2.92. The van der Waals surface area contributed by atoms with Crippen molar-refractivity contribution in [2.24, 2.45) is 0 Å². The van der Waals surface area contributed by atoms with Crippen molar-refractivity contribution in [3.8, 4) is 11.5 Å². The van der Waals surface area contributed by atoms with Gasteiger partial charge in [-0.2, -0.15) is 0 Å². The zero-order chi connectivity index (χ0) is 11.9. The molecule has 0 aliphatic carbocycles. The monoisotopic (exact) mass is 314 g/mol. The van der Waals surface area contributed by atoms with E-state index < -0.39 is 0 Å². The molecular formula is C12H10O2S4. The Balaban J connectivity index is 1.53. The van der Waals surface area contributed by atoms with E-state index in [0.29, 0.717) is 0 Å². The van der Waals surface area contributed by atoms with Crippen molar-refractivity contribution in [3.05, 3.63) is 22.9 Å². The predicted octanol–water partition coefficient (Wildman–Crippen LogP) is 4.22. The van der Waals surface area contributed by atoms with Crippen molar-refractivity contribution in [2.45, 2.75) is 20.6 Å². The lowest BCUT2D eigenvalue weighted by atomic mass is 10.2. The first kappa shape index (κ1) is 11.5. The summed E-state index contributed by atoms with van der Waals surface area (Å²) >= 11 is 7.29. The Bertz CT molecular complexity index is 512. The molecule has 2 aromatic heterocycles. The molecule has 18 heavy (non-hydrogen) atoms. The maximum absolute atomic E-state index is 6.06. The molecule has 2 aliphatic heterocycles. The summed E-state index contributed by atoms with van der Waals surface area (Å²) in [5.74, 6) is 4.04. The molecule has 0 N–H and O–H groups in total. The van der Waals surface area contributed by atoms with Crippen LogP contribution in [0.2, 0.25) is 0 Å². The lowest BCUT2D eigenvalue weighted by molar-refractivity contribution is 0.0765. The lowest BCUT2D eigenvalue weighted by Gasteiger charge is -2.32. The van der Waals surface area contributed by atoms with Gasteiger partial charge in [-0.3, -0.25) is 0 Å². The summed E-state index contributed by atoms with van der Waals surface area (Å²) in [7, 11) is 0. The van der Waals surface area contributed by atoms with Crippen molar-refractivity contribution in [2.75, 3.05) is 11.5 Å². The van der Waals surface area contributed by atoms with Crippen LogP contribution in [0.4, 0.5) is 0 Å². The molecule has 6 heteroatoms. The Morgan fingerprint density at radius 1 is 0.833 bits per heavy atom. The van der Waals surface area contributed by atoms with Crippen molar-refractivity contribution in [3.63, 3.8) is 0 Å². The average molecular weight is 314 g/mol. The van der Waals surface area contributed by atoms with Crippen molar-refractivity contribution >= 4 is 46.2 Å². The van der Waals surface area contributed by atoms with Gasteiger partial charge < -0.3 is 9.47 Å². The van der Waals surface area contributed by atoms with E-state index in [1.165, 1.54) is 8.42 Å². The van der Waals surface area contributed by atoms with Crippen molar-refractivity contribution < 1.29 is 9.47 Å². The van der Waals surface area contributed by atoms with Gasteiger partial charge in [-0.25, -0.2) is 0 Å². The van der Waals surface area contributed by atoms with Crippen LogP contribution in [0.1, 0.15) is 0 Å². The molecule has 0 aromatic carbocycles. The second-order valence-corrected chi connectivity index (χ2v) is 8.49. The highest BCUT2D eigenvalue weighted by atomic mass is 32.2. The standard InChI is InChI=1S/C12H10O2S4/c1-3-15-11-7(1)13-9(5-17-11)10-6-18-12-8(14-10)2-4-16-12/h1-4,9-10H,5-6H2/t9-,10-/m1/s1. The van der Waals surface area contributed by atoms with Crippen molar-refractivity contribution in [1.82, 2.24) is 0 Å². The van der Waals surface area contributed by atoms with Gasteiger partial charge in [0.2, 0.25) is 0 Å². The molecule has 0 fully saturated rings. The average Bonchev–Trinajstić information content (AvgIpc) is 3.05. The quantitative estimate of drug-likeness (QED) is 0.784. The molecule has 2 aromatic rings. The molecule has 0 saturated carbocycles. The van der Waals surface area contributed by atoms with Crippen LogP contribution in [0.3, 0.4) is 0 Å². The third-order valence-corrected chi connectivity index (χ3v) is 7.50. The Hall–Kier alpha value is -0.300. The minimum Gasteiger partial charge on any atom is -0.484 e. The lowest BCUT2D eigenvalue weighted by Crippen LogP contribution is -2.42. The number of rotatable bonds is 1. The predicted molar refractivity (Wildman–Crippen MR) is 78.9 cm³/mol. The van der Waals surface area contributed by atoms with Crippen LogP contribution < -0.4 is 9.47 Å². The number of ether oxygens (including phenoxy) is 2. The summed E-state index contributed by atoms with van der Waals surface area (Å²) in [5, 5.41) is 4.18. The molecule has 4 heterocycles. The van der Waals surface area contributed by atoms with E-state index in [1.54, 1.807) is 22.7 Å². The fourth-order valence-electron chi connectivity index (χ4n) is 2.03. The van der Waals surface area contributed by atoms with Crippen LogP contribution in [0.15, 0.2) is 31.3 Å². The van der Waals surface area contributed by atoms with Crippen molar-refractivity contribution in [1.29, 1.82) is 0 Å². The topological polar surface area (TPSA) is 18.5 Å². The highest BCUT2D eigenvalue weighted by Crippen LogP contribution is 2.44. The molecule has 0 saturated heterocycles. The minimum absolute atomic E-state index is 0.164. The van der Waals surface area contributed by atoms with Gasteiger partial charge in [0.1, 0.15) is 32.1 Å². The van der Waals surface area contributed by atoms with E-state index in [0.717, 1.165) is 23.0 Å². The molecule has 2 aliphatic rings. The van der Waals surface area contributed by atoms with Crippen LogP contribution in [-0.4, -0.2) is 23.7 Å². The Morgan fingerprint density at radius 2 is 1.33 bits per heavy atom. The first-order chi connectivity index (χ1) is 8.90. The van der Waals surface area contributed by atoms with Gasteiger partial charge in [0, 0.05) is 11.5 Å². The van der Waals surface area contributed by atoms with Crippen LogP contribution in [0.25, 0.3) is 0 Å². The summed E-state index contributed by atoms with van der Waals surface area (Å²) in [5.41, 5.74) is 0. The number of hydrogen-bond acceptors (Lipinski definition) is 6. The van der Waals surface area contributed by atoms with E-state index in [9.17, 15) is 0 Å². The highest BCUT2D eigenvalue weighted by Gasteiger charge is 2.33. The number of fused-ring (bicyclic) bond motifs is 2. The number of hydrogen-bond donors (Lipinski definition) is 0. The third kappa shape index (κ3) is 1.95. The molecule has 0 unspecified atom stereocenters. The first-order valence-corrected chi connectivity index (χ1v) is 9.37. The van der Waals surface area contributed by atoms with E-state index in [2.05, 4.69) is 22.9 Å². The Morgan fingerprint density at radius 3 is 1.83 bits per heavy atom. The SMILES string of the molecule is c1cc2c(s1)SC[C@H]([C@H]1CSc3sccc3O1)O2. The molecular weight excluding hydrogens is 304 g/mol. The highest BCUT2D eigenvalue weighted by molar-refractivity contribution is 8.01. The van der Waals surface area contributed by atoms with E-state index in [1.807, 2.05) is 23.5 Å². The van der Waals surface area contributed by atoms with Crippen LogP contribution >= 0.6 is 46.2 Å². The fraction of sp³-hybridized carbons (Fsp3) is 0.333. The summed E-state index contributed by atoms with van der Waals surface area (Å²) in [6, 6.07) is 4.12. The fourth-order valence-corrected chi connectivity index (χ4v) is 6.12. The molecule has 0 spiro atoms. The molecule has 0 bridgehead atoms. The summed E-state index contributed by atoms with van der Waals surface area (Å²) in [6.07, 6.45) is 0.329. The van der Waals surface area contributed by atoms with E-state index >= 15 is 0 Å². The zero-order valence-electron chi connectivity index (χ0n) is 9.33. The second kappa shape index (κ2) is 4.67. The van der Waals surface area contributed by atoms with Crippen LogP contribution in [0, 0.1) is 0 Å². The first-order valence-electron chi connectivity index (χ1n) is 5.64. The van der Waals surface area contributed by atoms with Gasteiger partial charge in [-0.1, -0.05) is 0 Å². The second-order valence-electron chi connectivity index (χ2n) is 4.08. The molecule has 2 atom stereocenters. The maximum atomic E-state index is 6.06. The van der Waals surface area contributed by atoms with Gasteiger partial charge in [0.25, 0.3) is 0 Å². The zero-order valence-corrected chi connectivity index (χ0v) is 12.6.